The van der Waals surface area contributed by atoms with Gasteiger partial charge in [-0.1, -0.05) is 37.3 Å². The number of likely N-dealkylation sites (N-methyl/N-ethyl adjacent to an activating group) is 1. The van der Waals surface area contributed by atoms with Crippen molar-refractivity contribution in [3.05, 3.63) is 35.9 Å². The molecule has 0 aliphatic carbocycles. The standard InChI is InChI=1S/C18H32N2S/c1-7-16(14-21-6)20(5)17(13-19-18(2,3)4)15-11-9-8-10-12-15/h8-12,16-17,19H,7,13-14H2,1-6H3. The van der Waals surface area contributed by atoms with Crippen LogP contribution in [0, 0.1) is 0 Å². The third-order valence-electron chi connectivity index (χ3n) is 3.91. The second-order valence-electron chi connectivity index (χ2n) is 6.74. The molecule has 0 saturated carbocycles. The van der Waals surface area contributed by atoms with Crippen molar-refractivity contribution in [2.45, 2.75) is 51.7 Å². The van der Waals surface area contributed by atoms with E-state index in [0.717, 1.165) is 6.54 Å². The van der Waals surface area contributed by atoms with E-state index in [9.17, 15) is 0 Å². The van der Waals surface area contributed by atoms with Crippen LogP contribution in [-0.4, -0.2) is 42.1 Å². The van der Waals surface area contributed by atoms with Crippen LogP contribution in [0.25, 0.3) is 0 Å². The van der Waals surface area contributed by atoms with Crippen LogP contribution in [0.2, 0.25) is 0 Å². The lowest BCUT2D eigenvalue weighted by Crippen LogP contribution is -2.45. The van der Waals surface area contributed by atoms with E-state index in [1.54, 1.807) is 0 Å². The minimum absolute atomic E-state index is 0.148. The Morgan fingerprint density at radius 3 is 2.29 bits per heavy atom. The predicted molar refractivity (Wildman–Crippen MR) is 97.2 cm³/mol. The zero-order chi connectivity index (χ0) is 15.9. The lowest BCUT2D eigenvalue weighted by atomic mass is 10.0. The number of hydrogen-bond acceptors (Lipinski definition) is 3. The maximum absolute atomic E-state index is 3.67. The van der Waals surface area contributed by atoms with E-state index in [1.165, 1.54) is 17.7 Å². The summed E-state index contributed by atoms with van der Waals surface area (Å²) >= 11 is 1.94. The van der Waals surface area contributed by atoms with Gasteiger partial charge in [0.2, 0.25) is 0 Å². The molecule has 0 heterocycles. The molecule has 0 spiro atoms. The normalized spacial score (nSPS) is 15.2. The zero-order valence-corrected chi connectivity index (χ0v) is 15.3. The minimum atomic E-state index is 0.148. The van der Waals surface area contributed by atoms with Gasteiger partial charge in [0.1, 0.15) is 0 Å². The molecule has 0 aliphatic heterocycles. The van der Waals surface area contributed by atoms with Crippen molar-refractivity contribution in [2.24, 2.45) is 0 Å². The Bertz CT molecular complexity index is 386. The van der Waals surface area contributed by atoms with Crippen LogP contribution in [0.1, 0.15) is 45.7 Å². The van der Waals surface area contributed by atoms with Crippen LogP contribution >= 0.6 is 11.8 Å². The first-order valence-electron chi connectivity index (χ1n) is 7.90. The Balaban J connectivity index is 2.90. The smallest absolute Gasteiger partial charge is 0.0473 e. The molecule has 0 fully saturated rings. The fraction of sp³-hybridized carbons (Fsp3) is 0.667. The molecule has 1 rings (SSSR count). The average Bonchev–Trinajstić information content (AvgIpc) is 2.44. The molecule has 3 heteroatoms. The average molecular weight is 309 g/mol. The van der Waals surface area contributed by atoms with Crippen LogP contribution in [-0.2, 0) is 0 Å². The summed E-state index contributed by atoms with van der Waals surface area (Å²) in [5.74, 6) is 1.19. The number of thioether (sulfide) groups is 1. The molecule has 2 nitrogen and oxygen atoms in total. The van der Waals surface area contributed by atoms with Crippen LogP contribution in [0.3, 0.4) is 0 Å². The summed E-state index contributed by atoms with van der Waals surface area (Å²) in [6.07, 6.45) is 3.39. The van der Waals surface area contributed by atoms with Crippen molar-refractivity contribution >= 4 is 11.8 Å². The lowest BCUT2D eigenvalue weighted by Gasteiger charge is -2.36. The first-order chi connectivity index (χ1) is 9.89. The highest BCUT2D eigenvalue weighted by Crippen LogP contribution is 2.24. The fourth-order valence-corrected chi connectivity index (χ4v) is 3.40. The Labute approximate surface area is 135 Å². The SMILES string of the molecule is CCC(CSC)N(C)C(CNC(C)(C)C)c1ccccc1. The third-order valence-corrected chi connectivity index (χ3v) is 4.63. The highest BCUT2D eigenvalue weighted by atomic mass is 32.2. The molecule has 120 valence electrons. The molecule has 1 aromatic carbocycles. The van der Waals surface area contributed by atoms with E-state index in [1.807, 2.05) is 11.8 Å². The Morgan fingerprint density at radius 1 is 1.19 bits per heavy atom. The predicted octanol–water partition coefficient (Wildman–Crippen LogP) is 4.19. The van der Waals surface area contributed by atoms with Gasteiger partial charge in [-0.05, 0) is 46.1 Å². The van der Waals surface area contributed by atoms with Gasteiger partial charge < -0.3 is 5.32 Å². The first kappa shape index (κ1) is 18.5. The van der Waals surface area contributed by atoms with Gasteiger partial charge in [-0.2, -0.15) is 11.8 Å². The van der Waals surface area contributed by atoms with E-state index in [4.69, 9.17) is 0 Å². The van der Waals surface area contributed by atoms with Crippen LogP contribution < -0.4 is 5.32 Å². The number of nitrogens with zero attached hydrogens (tertiary/aromatic N) is 1. The summed E-state index contributed by atoms with van der Waals surface area (Å²) in [4.78, 5) is 2.55. The molecule has 1 N–H and O–H groups in total. The number of benzene rings is 1. The van der Waals surface area contributed by atoms with Crippen molar-refractivity contribution in [1.29, 1.82) is 0 Å². The molecule has 2 atom stereocenters. The van der Waals surface area contributed by atoms with Gasteiger partial charge in [-0.15, -0.1) is 0 Å². The van der Waals surface area contributed by atoms with Crippen LogP contribution in [0.4, 0.5) is 0 Å². The van der Waals surface area contributed by atoms with Crippen LogP contribution in [0.15, 0.2) is 30.3 Å². The first-order valence-corrected chi connectivity index (χ1v) is 9.29. The number of hydrogen-bond donors (Lipinski definition) is 1. The van der Waals surface area contributed by atoms with Crippen LogP contribution in [0.5, 0.6) is 0 Å². The Morgan fingerprint density at radius 2 is 1.81 bits per heavy atom. The quantitative estimate of drug-likeness (QED) is 0.775. The van der Waals surface area contributed by atoms with Crippen molar-refractivity contribution in [3.8, 4) is 0 Å². The third kappa shape index (κ3) is 6.41. The van der Waals surface area contributed by atoms with E-state index >= 15 is 0 Å². The largest absolute Gasteiger partial charge is 0.310 e. The molecule has 0 aromatic heterocycles. The van der Waals surface area contributed by atoms with Gasteiger partial charge in [0.05, 0.1) is 0 Å². The molecule has 0 amide bonds. The molecule has 0 bridgehead atoms. The summed E-state index contributed by atoms with van der Waals surface area (Å²) < 4.78 is 0. The fourth-order valence-electron chi connectivity index (χ4n) is 2.55. The maximum Gasteiger partial charge on any atom is 0.0473 e. The van der Waals surface area contributed by atoms with Gasteiger partial charge in [0, 0.05) is 29.9 Å². The van der Waals surface area contributed by atoms with E-state index in [2.05, 4.69) is 81.5 Å². The van der Waals surface area contributed by atoms with E-state index in [0.29, 0.717) is 12.1 Å². The Hall–Kier alpha value is -0.510. The summed E-state index contributed by atoms with van der Waals surface area (Å²) in [7, 11) is 2.27. The molecular formula is C18H32N2S. The highest BCUT2D eigenvalue weighted by molar-refractivity contribution is 7.98. The second kappa shape index (κ2) is 8.82. The lowest BCUT2D eigenvalue weighted by molar-refractivity contribution is 0.171. The van der Waals surface area contributed by atoms with E-state index in [-0.39, 0.29) is 5.54 Å². The molecule has 1 aromatic rings. The zero-order valence-electron chi connectivity index (χ0n) is 14.5. The van der Waals surface area contributed by atoms with Crippen molar-refractivity contribution < 1.29 is 0 Å². The van der Waals surface area contributed by atoms with Crippen molar-refractivity contribution in [1.82, 2.24) is 10.2 Å². The van der Waals surface area contributed by atoms with Crippen molar-refractivity contribution in [3.63, 3.8) is 0 Å². The molecule has 0 saturated heterocycles. The molecule has 0 aliphatic rings. The summed E-state index contributed by atoms with van der Waals surface area (Å²) in [5, 5.41) is 3.67. The Kier molecular flexibility index (Phi) is 7.78. The van der Waals surface area contributed by atoms with E-state index < -0.39 is 0 Å². The van der Waals surface area contributed by atoms with Gasteiger partial charge in [-0.25, -0.2) is 0 Å². The summed E-state index contributed by atoms with van der Waals surface area (Å²) in [5.41, 5.74) is 1.55. The minimum Gasteiger partial charge on any atom is -0.310 e. The van der Waals surface area contributed by atoms with Gasteiger partial charge in [0.25, 0.3) is 0 Å². The molecule has 0 radical (unpaired) electrons. The highest BCUT2D eigenvalue weighted by Gasteiger charge is 2.24. The summed E-state index contributed by atoms with van der Waals surface area (Å²) in [6, 6.07) is 11.9. The van der Waals surface area contributed by atoms with Gasteiger partial charge in [0.15, 0.2) is 0 Å². The summed E-state index contributed by atoms with van der Waals surface area (Å²) in [6.45, 7) is 9.96. The monoisotopic (exact) mass is 308 g/mol. The maximum atomic E-state index is 3.67. The number of nitrogens with one attached hydrogen (secondary N) is 1. The topological polar surface area (TPSA) is 15.3 Å². The molecule has 2 unspecified atom stereocenters. The van der Waals surface area contributed by atoms with Gasteiger partial charge >= 0.3 is 0 Å². The molecule has 21 heavy (non-hydrogen) atoms. The van der Waals surface area contributed by atoms with Crippen molar-refractivity contribution in [2.75, 3.05) is 25.6 Å². The number of rotatable bonds is 8. The molecular weight excluding hydrogens is 276 g/mol. The second-order valence-corrected chi connectivity index (χ2v) is 7.65. The van der Waals surface area contributed by atoms with Gasteiger partial charge in [-0.3, -0.25) is 4.90 Å².